The van der Waals surface area contributed by atoms with E-state index in [1.807, 2.05) is 0 Å². The molecule has 14 heteroatoms. The van der Waals surface area contributed by atoms with Gasteiger partial charge in [0.2, 0.25) is 0 Å². The molecule has 0 aromatic heterocycles. The van der Waals surface area contributed by atoms with Crippen molar-refractivity contribution in [3.63, 3.8) is 0 Å². The predicted molar refractivity (Wildman–Crippen MR) is 15.2 cm³/mol. The maximum atomic E-state index is 8.55. The molecule has 74 valence electrons. The molecule has 0 saturated carbocycles. The third-order valence-corrected chi connectivity index (χ3v) is 0. The first-order chi connectivity index (χ1) is 4.00. The first-order valence-corrected chi connectivity index (χ1v) is 4.38. The monoisotopic (exact) mass is 306 g/mol. The predicted octanol–water partition coefficient (Wildman–Crippen LogP) is -11.6. The maximum Gasteiger partial charge on any atom is 1.00 e. The average molecular weight is 306 g/mol. The molecule has 0 aromatic rings. The van der Waals surface area contributed by atoms with Crippen LogP contribution in [0.5, 0.6) is 0 Å². The van der Waals surface area contributed by atoms with Gasteiger partial charge in [0.05, 0.1) is 0 Å². The molecule has 14 heavy (non-hydrogen) atoms. The van der Waals surface area contributed by atoms with Crippen molar-refractivity contribution in [3.05, 3.63) is 0 Å². The molecule has 0 amide bonds. The van der Waals surface area contributed by atoms with Crippen molar-refractivity contribution in [2.24, 2.45) is 0 Å². The van der Waals surface area contributed by atoms with Gasteiger partial charge in [-0.1, -0.05) is 0 Å². The molecular weight excluding hydrogens is 306 g/mol. The Kier molecular flexibility index (Phi) is 40.0. The maximum absolute atomic E-state index is 8.55. The van der Waals surface area contributed by atoms with Gasteiger partial charge in [-0.25, -0.2) is 0 Å². The molecule has 0 aliphatic heterocycles. The normalized spacial score (nSPS) is 8.43. The summed E-state index contributed by atoms with van der Waals surface area (Å²) in [5.74, 6) is 0. The second-order valence-electron chi connectivity index (χ2n) is 0.894. The Bertz CT molecular complexity index is 136. The van der Waals surface area contributed by atoms with Crippen molar-refractivity contribution < 1.29 is 113 Å². The Balaban J connectivity index is -0.0000000178. The van der Waals surface area contributed by atoms with Gasteiger partial charge in [0.25, 0.3) is 0 Å². The van der Waals surface area contributed by atoms with Crippen LogP contribution in [0.4, 0.5) is 0 Å². The molecule has 0 unspecified atom stereocenters. The van der Waals surface area contributed by atoms with Crippen LogP contribution < -0.4 is 67.1 Å². The molecule has 0 aliphatic carbocycles. The fourth-order valence-electron chi connectivity index (χ4n) is 0. The quantitative estimate of drug-likeness (QED) is 0.313. The van der Waals surface area contributed by atoms with E-state index in [1.54, 1.807) is 0 Å². The second kappa shape index (κ2) is 15.6. The third-order valence-electron chi connectivity index (χ3n) is 0. The molecule has 2 radical (unpaired) electrons. The molecule has 0 fully saturated rings. The fourth-order valence-corrected chi connectivity index (χ4v) is 0. The van der Waals surface area contributed by atoms with Gasteiger partial charge in [-0.2, -0.15) is 15.6 Å². The van der Waals surface area contributed by atoms with E-state index in [0.717, 1.165) is 0 Å². The van der Waals surface area contributed by atoms with Crippen molar-refractivity contribution in [1.82, 2.24) is 0 Å². The van der Waals surface area contributed by atoms with Gasteiger partial charge in [-0.15, -0.1) is 0 Å². The van der Waals surface area contributed by atoms with Gasteiger partial charge in [0.15, 0.2) is 0 Å². The van der Waals surface area contributed by atoms with Gasteiger partial charge >= 0.3 is 37.7 Å². The first kappa shape index (κ1) is 36.0. The van der Waals surface area contributed by atoms with Gasteiger partial charge in [0.1, 0.15) is 0 Å². The summed E-state index contributed by atoms with van der Waals surface area (Å²) in [4.78, 5) is 51.3. The molecular formula is Li2O8P2V2-4. The number of phosphoric acid groups is 2. The summed E-state index contributed by atoms with van der Waals surface area (Å²) in [6.07, 6.45) is 0. The van der Waals surface area contributed by atoms with Crippen LogP contribution in [0.2, 0.25) is 0 Å². The molecule has 0 saturated heterocycles. The summed E-state index contributed by atoms with van der Waals surface area (Å²) in [5.41, 5.74) is 0. The molecule has 0 aromatic carbocycles. The minimum atomic E-state index is -5.39. The Labute approximate surface area is 128 Å². The largest absolute Gasteiger partial charge is 1.00 e. The summed E-state index contributed by atoms with van der Waals surface area (Å²) >= 11 is 0. The van der Waals surface area contributed by atoms with E-state index < -0.39 is 15.6 Å². The summed E-state index contributed by atoms with van der Waals surface area (Å²) in [6.45, 7) is 0. The van der Waals surface area contributed by atoms with Crippen LogP contribution in [-0.2, 0) is 46.2 Å². The molecule has 0 rings (SSSR count). The SMILES string of the molecule is O=P([O-])([O-])[O-].O=P([O-])([O-])[O-].[Li+].[Li+].[V].[V]. The number of hydrogen-bond acceptors (Lipinski definition) is 8. The van der Waals surface area contributed by atoms with Crippen molar-refractivity contribution in [2.75, 3.05) is 0 Å². The standard InChI is InChI=1S/2Li.2H3O4P.2V/c;;2*1-5(2,3)4;;/h;;2*(H3,1,2,3,4);;/q2*+1;;;;/p-6. The number of hydrogen-bond donors (Lipinski definition) is 0. The molecule has 0 bridgehead atoms. The van der Waals surface area contributed by atoms with Crippen LogP contribution >= 0.6 is 15.6 Å². The third kappa shape index (κ3) is 403. The van der Waals surface area contributed by atoms with Crippen LogP contribution in [0.3, 0.4) is 0 Å². The van der Waals surface area contributed by atoms with Crippen LogP contribution in [0, 0.1) is 0 Å². The van der Waals surface area contributed by atoms with E-state index in [4.69, 9.17) is 38.5 Å². The summed E-state index contributed by atoms with van der Waals surface area (Å²) < 4.78 is 17.1. The van der Waals surface area contributed by atoms with Gasteiger partial charge < -0.3 is 38.5 Å². The zero-order valence-corrected chi connectivity index (χ0v) is 11.6. The van der Waals surface area contributed by atoms with Crippen LogP contribution in [0.15, 0.2) is 0 Å². The van der Waals surface area contributed by atoms with Crippen LogP contribution in [0.25, 0.3) is 0 Å². The Morgan fingerprint density at radius 3 is 0.571 bits per heavy atom. The van der Waals surface area contributed by atoms with E-state index in [0.29, 0.717) is 0 Å². The summed E-state index contributed by atoms with van der Waals surface area (Å²) in [6, 6.07) is 0. The van der Waals surface area contributed by atoms with E-state index >= 15 is 0 Å². The zero-order chi connectivity index (χ0) is 9.00. The second-order valence-corrected chi connectivity index (χ2v) is 2.68. The van der Waals surface area contributed by atoms with Crippen molar-refractivity contribution in [2.45, 2.75) is 0 Å². The van der Waals surface area contributed by atoms with Crippen molar-refractivity contribution >= 4 is 15.6 Å². The zero-order valence-electron chi connectivity index (χ0n) is 7.05. The Morgan fingerprint density at radius 2 is 0.571 bits per heavy atom. The van der Waals surface area contributed by atoms with E-state index in [-0.39, 0.29) is 74.8 Å². The van der Waals surface area contributed by atoms with E-state index in [9.17, 15) is 0 Å². The summed E-state index contributed by atoms with van der Waals surface area (Å²) in [7, 11) is -10.8. The average Bonchev–Trinajstić information content (AvgIpc) is 1.12. The van der Waals surface area contributed by atoms with E-state index in [2.05, 4.69) is 0 Å². The van der Waals surface area contributed by atoms with Gasteiger partial charge in [0, 0.05) is 37.1 Å². The van der Waals surface area contributed by atoms with Gasteiger partial charge in [-0.3, -0.25) is 0 Å². The smallest absolute Gasteiger partial charge is 0.822 e. The molecule has 0 atom stereocenters. The Morgan fingerprint density at radius 1 is 0.571 bits per heavy atom. The fraction of sp³-hybridized carbons (Fsp3) is 0. The molecule has 8 nitrogen and oxygen atoms in total. The molecule has 0 N–H and O–H groups in total. The van der Waals surface area contributed by atoms with Crippen molar-refractivity contribution in [1.29, 1.82) is 0 Å². The van der Waals surface area contributed by atoms with Crippen LogP contribution in [-0.4, -0.2) is 0 Å². The Hall–Kier alpha value is 2.58. The summed E-state index contributed by atoms with van der Waals surface area (Å²) in [5, 5.41) is 0. The topological polar surface area (TPSA) is 172 Å². The molecule has 0 heterocycles. The molecule has 0 aliphatic rings. The molecule has 0 spiro atoms. The minimum Gasteiger partial charge on any atom is -0.822 e. The van der Waals surface area contributed by atoms with Crippen LogP contribution in [0.1, 0.15) is 0 Å². The van der Waals surface area contributed by atoms with E-state index in [1.165, 1.54) is 0 Å². The van der Waals surface area contributed by atoms with Gasteiger partial charge in [-0.05, 0) is 0 Å². The minimum absolute atomic E-state index is 0. The number of rotatable bonds is 0. The van der Waals surface area contributed by atoms with Crippen molar-refractivity contribution in [3.8, 4) is 0 Å². The first-order valence-electron chi connectivity index (χ1n) is 1.46.